The van der Waals surface area contributed by atoms with Crippen LogP contribution in [0.1, 0.15) is 21.5 Å². The molecule has 4 rings (SSSR count). The molecule has 1 heterocycles. The van der Waals surface area contributed by atoms with Crippen LogP contribution in [0.25, 0.3) is 21.8 Å². The van der Waals surface area contributed by atoms with Gasteiger partial charge in [0.25, 0.3) is 0 Å². The molecule has 1 amide bonds. The Bertz CT molecular complexity index is 1150. The van der Waals surface area contributed by atoms with Crippen LogP contribution in [0.2, 0.25) is 0 Å². The number of carbonyl (C=O) groups is 1. The van der Waals surface area contributed by atoms with Gasteiger partial charge in [0.15, 0.2) is 0 Å². The zero-order chi connectivity index (χ0) is 19.0. The lowest BCUT2D eigenvalue weighted by Crippen LogP contribution is -2.11. The molecule has 5 heteroatoms. The number of primary amides is 1. The van der Waals surface area contributed by atoms with Crippen LogP contribution >= 0.6 is 22.6 Å². The number of rotatable bonds is 5. The molecule has 0 unspecified atom stereocenters. The van der Waals surface area contributed by atoms with Crippen molar-refractivity contribution < 1.29 is 9.53 Å². The van der Waals surface area contributed by atoms with Crippen molar-refractivity contribution in [2.45, 2.75) is 13.2 Å². The van der Waals surface area contributed by atoms with Crippen molar-refractivity contribution in [1.82, 2.24) is 4.57 Å². The third kappa shape index (κ3) is 3.33. The molecule has 0 atom stereocenters. The molecule has 1 radical (unpaired) electrons. The highest BCUT2D eigenvalue weighted by Gasteiger charge is 2.17. The van der Waals surface area contributed by atoms with Crippen LogP contribution in [0.5, 0.6) is 0 Å². The Kier molecular flexibility index (Phi) is 4.88. The van der Waals surface area contributed by atoms with E-state index in [1.54, 1.807) is 13.2 Å². The van der Waals surface area contributed by atoms with Crippen molar-refractivity contribution in [3.8, 4) is 0 Å². The summed E-state index contributed by atoms with van der Waals surface area (Å²) in [5, 5.41) is 1.76. The van der Waals surface area contributed by atoms with Gasteiger partial charge in [0.05, 0.1) is 17.6 Å². The molecule has 4 aromatic rings. The quantitative estimate of drug-likeness (QED) is 0.438. The fourth-order valence-electron chi connectivity index (χ4n) is 3.50. The van der Waals surface area contributed by atoms with Crippen LogP contribution in [0.15, 0.2) is 54.6 Å². The lowest BCUT2D eigenvalue weighted by molar-refractivity contribution is 0.100. The van der Waals surface area contributed by atoms with Crippen LogP contribution in [-0.2, 0) is 17.9 Å². The van der Waals surface area contributed by atoms with E-state index in [4.69, 9.17) is 10.5 Å². The van der Waals surface area contributed by atoms with Gasteiger partial charge in [0.2, 0.25) is 5.91 Å². The van der Waals surface area contributed by atoms with Crippen molar-refractivity contribution >= 4 is 50.3 Å². The van der Waals surface area contributed by atoms with Gasteiger partial charge in [-0.25, -0.2) is 0 Å². The second-order valence-electron chi connectivity index (χ2n) is 6.48. The second-order valence-corrected chi connectivity index (χ2v) is 7.72. The average Bonchev–Trinajstić information content (AvgIpc) is 2.97. The summed E-state index contributed by atoms with van der Waals surface area (Å²) in [4.78, 5) is 12.0. The first-order valence-electron chi connectivity index (χ1n) is 8.57. The highest BCUT2D eigenvalue weighted by molar-refractivity contribution is 14.1. The minimum absolute atomic E-state index is 0.428. The molecule has 0 aliphatic heterocycles. The maximum Gasteiger partial charge on any atom is 0.249 e. The van der Waals surface area contributed by atoms with E-state index in [0.717, 1.165) is 27.4 Å². The fourth-order valence-corrected chi connectivity index (χ4v) is 3.86. The second kappa shape index (κ2) is 7.32. The molecule has 0 aliphatic carbocycles. The van der Waals surface area contributed by atoms with Crippen molar-refractivity contribution in [3.63, 3.8) is 0 Å². The predicted octanol–water partition coefficient (Wildman–Crippen LogP) is 4.49. The Morgan fingerprint density at radius 1 is 1.15 bits per heavy atom. The summed E-state index contributed by atoms with van der Waals surface area (Å²) >= 11 is 2.30. The summed E-state index contributed by atoms with van der Waals surface area (Å²) in [7, 11) is 1.68. The van der Waals surface area contributed by atoms with Gasteiger partial charge >= 0.3 is 0 Å². The minimum Gasteiger partial charge on any atom is -0.380 e. The predicted molar refractivity (Wildman–Crippen MR) is 116 cm³/mol. The number of hydrogen-bond acceptors (Lipinski definition) is 2. The van der Waals surface area contributed by atoms with Gasteiger partial charge in [-0.2, -0.15) is 0 Å². The van der Waals surface area contributed by atoms with Gasteiger partial charge in [0.1, 0.15) is 0 Å². The van der Waals surface area contributed by atoms with Gasteiger partial charge in [-0.15, -0.1) is 0 Å². The lowest BCUT2D eigenvalue weighted by atomic mass is 10.0. The zero-order valence-electron chi connectivity index (χ0n) is 14.8. The molecule has 0 bridgehead atoms. The number of aromatic nitrogens is 1. The number of ether oxygens (including phenoxy) is 1. The summed E-state index contributed by atoms with van der Waals surface area (Å²) in [6, 6.07) is 21.5. The number of nitrogens with two attached hydrogens (primary N) is 1. The van der Waals surface area contributed by atoms with Gasteiger partial charge < -0.3 is 15.0 Å². The smallest absolute Gasteiger partial charge is 0.249 e. The minimum atomic E-state index is -0.428. The molecular formula is C22H18IN2O2. The summed E-state index contributed by atoms with van der Waals surface area (Å²) in [5.74, 6) is -0.428. The van der Waals surface area contributed by atoms with Gasteiger partial charge in [-0.05, 0) is 76.2 Å². The molecule has 0 aliphatic rings. The number of fused-ring (bicyclic) bond motifs is 3. The first-order chi connectivity index (χ1) is 13.1. The van der Waals surface area contributed by atoms with Crippen LogP contribution in [0, 0.1) is 9.64 Å². The van der Waals surface area contributed by atoms with E-state index in [1.165, 1.54) is 9.13 Å². The third-order valence-electron chi connectivity index (χ3n) is 4.68. The Morgan fingerprint density at radius 2 is 1.93 bits per heavy atom. The molecule has 3 aromatic carbocycles. The molecule has 1 aromatic heterocycles. The van der Waals surface area contributed by atoms with E-state index < -0.39 is 5.91 Å². The van der Waals surface area contributed by atoms with Crippen molar-refractivity contribution in [2.24, 2.45) is 5.73 Å². The summed E-state index contributed by atoms with van der Waals surface area (Å²) in [5.41, 5.74) is 10.4. The summed E-state index contributed by atoms with van der Waals surface area (Å²) in [6.45, 7) is 1.21. The van der Waals surface area contributed by atoms with E-state index >= 15 is 0 Å². The molecule has 2 N–H and O–H groups in total. The number of methoxy groups -OCH3 is 1. The molecule has 0 saturated carbocycles. The van der Waals surface area contributed by atoms with E-state index in [9.17, 15) is 4.79 Å². The Hall–Kier alpha value is -2.38. The number of benzene rings is 3. The van der Waals surface area contributed by atoms with E-state index in [1.807, 2.05) is 18.2 Å². The molecule has 27 heavy (non-hydrogen) atoms. The lowest BCUT2D eigenvalue weighted by Gasteiger charge is -2.09. The number of amides is 1. The number of nitrogens with zero attached hydrogens (tertiary/aromatic N) is 1. The zero-order valence-corrected chi connectivity index (χ0v) is 17.0. The highest BCUT2D eigenvalue weighted by atomic mass is 127. The van der Waals surface area contributed by atoms with Gasteiger partial charge in [-0.3, -0.25) is 4.79 Å². The first-order valence-corrected chi connectivity index (χ1v) is 9.65. The van der Waals surface area contributed by atoms with Crippen molar-refractivity contribution in [2.75, 3.05) is 7.11 Å². The number of carbonyl (C=O) groups excluding carboxylic acids is 1. The SMILES string of the molecule is COCc1c[c]c2c3c(C(N)=O)cccc3n(Cc3ccc(I)cc3)c2c1. The average molecular weight is 469 g/mol. The highest BCUT2D eigenvalue weighted by Crippen LogP contribution is 2.32. The standard InChI is InChI=1S/C22H18IN2O2/c1-27-13-15-7-10-17-20(11-15)25(12-14-5-8-16(23)9-6-14)19-4-2-3-18(21(17)19)22(24)26/h2-9,11H,12-13H2,1H3,(H2,24,26). The first kappa shape index (κ1) is 18.0. The fraction of sp³-hybridized carbons (Fsp3) is 0.136. The Balaban J connectivity index is 2.00. The molecule has 0 spiro atoms. The Labute approximate surface area is 171 Å². The van der Waals surface area contributed by atoms with Crippen LogP contribution in [0.3, 0.4) is 0 Å². The number of halogens is 1. The van der Waals surface area contributed by atoms with E-state index in [-0.39, 0.29) is 0 Å². The molecule has 0 fully saturated rings. The topological polar surface area (TPSA) is 57.2 Å². The molecular weight excluding hydrogens is 451 g/mol. The largest absolute Gasteiger partial charge is 0.380 e. The van der Waals surface area contributed by atoms with Crippen LogP contribution in [-0.4, -0.2) is 17.6 Å². The van der Waals surface area contributed by atoms with Crippen LogP contribution < -0.4 is 5.73 Å². The van der Waals surface area contributed by atoms with Crippen molar-refractivity contribution in [3.05, 3.63) is 80.9 Å². The molecule has 135 valence electrons. The molecule has 0 saturated heterocycles. The summed E-state index contributed by atoms with van der Waals surface area (Å²) < 4.78 is 8.70. The normalized spacial score (nSPS) is 11.3. The third-order valence-corrected chi connectivity index (χ3v) is 5.40. The summed E-state index contributed by atoms with van der Waals surface area (Å²) in [6.07, 6.45) is 0. The maximum atomic E-state index is 12.0. The molecule has 4 nitrogen and oxygen atoms in total. The van der Waals surface area contributed by atoms with Gasteiger partial charge in [0, 0.05) is 33.6 Å². The van der Waals surface area contributed by atoms with E-state index in [2.05, 4.69) is 63.6 Å². The maximum absolute atomic E-state index is 12.0. The number of hydrogen-bond donors (Lipinski definition) is 1. The monoisotopic (exact) mass is 469 g/mol. The van der Waals surface area contributed by atoms with Gasteiger partial charge in [-0.1, -0.05) is 18.2 Å². The Morgan fingerprint density at radius 3 is 2.63 bits per heavy atom. The van der Waals surface area contributed by atoms with Crippen LogP contribution in [0.4, 0.5) is 0 Å². The van der Waals surface area contributed by atoms with E-state index in [0.29, 0.717) is 18.7 Å². The van der Waals surface area contributed by atoms with Crippen molar-refractivity contribution in [1.29, 1.82) is 0 Å².